The number of aromatic nitrogens is 3. The van der Waals surface area contributed by atoms with E-state index in [1.807, 2.05) is 0 Å². The average Bonchev–Trinajstić information content (AvgIpc) is 2.30. The molecule has 0 fully saturated rings. The fourth-order valence-electron chi connectivity index (χ4n) is 1.18. The second kappa shape index (κ2) is 3.90. The van der Waals surface area contributed by atoms with Crippen LogP contribution in [-0.2, 0) is 0 Å². The van der Waals surface area contributed by atoms with Crippen LogP contribution in [0.1, 0.15) is 5.56 Å². The lowest BCUT2D eigenvalue weighted by molar-refractivity contribution is 0.624. The van der Waals surface area contributed by atoms with Gasteiger partial charge in [0, 0.05) is 5.56 Å². The van der Waals surface area contributed by atoms with Crippen LogP contribution in [0.15, 0.2) is 24.4 Å². The summed E-state index contributed by atoms with van der Waals surface area (Å²) in [4.78, 5) is 3.74. The van der Waals surface area contributed by atoms with Gasteiger partial charge in [0.2, 0.25) is 5.95 Å². The molecule has 16 heavy (non-hydrogen) atoms. The molecule has 0 unspecified atom stereocenters. The number of nitrogen functional groups attached to an aromatic ring is 1. The molecule has 0 atom stereocenters. The zero-order valence-electron chi connectivity index (χ0n) is 8.05. The molecule has 0 radical (unpaired) electrons. The molecular formula is C10H6FN5. The van der Waals surface area contributed by atoms with Gasteiger partial charge in [-0.3, -0.25) is 0 Å². The first kappa shape index (κ1) is 9.98. The number of benzene rings is 1. The molecule has 2 rings (SSSR count). The summed E-state index contributed by atoms with van der Waals surface area (Å²) in [6.45, 7) is 0. The molecular weight excluding hydrogens is 209 g/mol. The fraction of sp³-hybridized carbons (Fsp3) is 0. The molecule has 78 valence electrons. The van der Waals surface area contributed by atoms with Crippen LogP contribution >= 0.6 is 0 Å². The molecule has 1 aromatic carbocycles. The number of rotatable bonds is 1. The molecule has 0 aliphatic heterocycles. The molecule has 6 heteroatoms. The van der Waals surface area contributed by atoms with E-state index >= 15 is 0 Å². The lowest BCUT2D eigenvalue weighted by Gasteiger charge is -2.00. The summed E-state index contributed by atoms with van der Waals surface area (Å²) in [6, 6.07) is 5.90. The molecule has 0 amide bonds. The van der Waals surface area contributed by atoms with Crippen molar-refractivity contribution < 1.29 is 4.39 Å². The Kier molecular flexibility index (Phi) is 2.44. The first-order valence-corrected chi connectivity index (χ1v) is 4.36. The maximum absolute atomic E-state index is 13.3. The predicted molar refractivity (Wildman–Crippen MR) is 54.3 cm³/mol. The van der Waals surface area contributed by atoms with Crippen molar-refractivity contribution in [2.24, 2.45) is 0 Å². The SMILES string of the molecule is N#Cc1ccc(-c2cnc(N)nn2)cc1F. The molecule has 1 heterocycles. The van der Waals surface area contributed by atoms with Crippen LogP contribution in [0.5, 0.6) is 0 Å². The monoisotopic (exact) mass is 215 g/mol. The highest BCUT2D eigenvalue weighted by atomic mass is 19.1. The van der Waals surface area contributed by atoms with Gasteiger partial charge in [-0.15, -0.1) is 10.2 Å². The van der Waals surface area contributed by atoms with E-state index in [0.29, 0.717) is 11.3 Å². The van der Waals surface area contributed by atoms with Crippen LogP contribution in [0.4, 0.5) is 10.3 Å². The molecule has 5 nitrogen and oxygen atoms in total. The van der Waals surface area contributed by atoms with E-state index in [0.717, 1.165) is 0 Å². The molecule has 0 aliphatic rings. The van der Waals surface area contributed by atoms with Gasteiger partial charge in [0.05, 0.1) is 11.8 Å². The first-order valence-electron chi connectivity index (χ1n) is 4.36. The van der Waals surface area contributed by atoms with E-state index in [1.54, 1.807) is 12.1 Å². The second-order valence-electron chi connectivity index (χ2n) is 3.01. The molecule has 0 aliphatic carbocycles. The van der Waals surface area contributed by atoms with Gasteiger partial charge in [0.1, 0.15) is 17.6 Å². The van der Waals surface area contributed by atoms with Gasteiger partial charge < -0.3 is 5.73 Å². The third kappa shape index (κ3) is 1.79. The first-order chi connectivity index (χ1) is 7.70. The minimum atomic E-state index is -0.598. The molecule has 2 N–H and O–H groups in total. The minimum Gasteiger partial charge on any atom is -0.366 e. The Balaban J connectivity index is 2.46. The van der Waals surface area contributed by atoms with Crippen LogP contribution in [-0.4, -0.2) is 15.2 Å². The van der Waals surface area contributed by atoms with Crippen molar-refractivity contribution in [3.63, 3.8) is 0 Å². The number of anilines is 1. The number of hydrogen-bond acceptors (Lipinski definition) is 5. The average molecular weight is 215 g/mol. The molecule has 0 spiro atoms. The number of halogens is 1. The summed E-state index contributed by atoms with van der Waals surface area (Å²) < 4.78 is 13.3. The summed E-state index contributed by atoms with van der Waals surface area (Å²) in [6.07, 6.45) is 1.39. The van der Waals surface area contributed by atoms with Crippen LogP contribution < -0.4 is 5.73 Å². The topological polar surface area (TPSA) is 88.5 Å². The normalized spacial score (nSPS) is 9.75. The number of nitriles is 1. The quantitative estimate of drug-likeness (QED) is 0.770. The highest BCUT2D eigenvalue weighted by molar-refractivity contribution is 5.59. The summed E-state index contributed by atoms with van der Waals surface area (Å²) in [5.41, 5.74) is 6.16. The van der Waals surface area contributed by atoms with Gasteiger partial charge in [0.15, 0.2) is 0 Å². The Bertz CT molecular complexity index is 558. The highest BCUT2D eigenvalue weighted by Gasteiger charge is 2.06. The Morgan fingerprint density at radius 1 is 1.31 bits per heavy atom. The molecule has 0 saturated carbocycles. The molecule has 0 bridgehead atoms. The van der Waals surface area contributed by atoms with E-state index in [9.17, 15) is 4.39 Å². The van der Waals surface area contributed by atoms with Gasteiger partial charge in [-0.25, -0.2) is 9.37 Å². The maximum Gasteiger partial charge on any atom is 0.240 e. The van der Waals surface area contributed by atoms with Crippen LogP contribution in [0.3, 0.4) is 0 Å². The number of nitrogens with zero attached hydrogens (tertiary/aromatic N) is 4. The summed E-state index contributed by atoms with van der Waals surface area (Å²) in [5, 5.41) is 15.9. The predicted octanol–water partition coefficient (Wildman–Crippen LogP) is 1.13. The Morgan fingerprint density at radius 2 is 2.12 bits per heavy atom. The van der Waals surface area contributed by atoms with Crippen molar-refractivity contribution in [2.45, 2.75) is 0 Å². The van der Waals surface area contributed by atoms with E-state index < -0.39 is 5.82 Å². The smallest absolute Gasteiger partial charge is 0.240 e. The zero-order valence-corrected chi connectivity index (χ0v) is 8.05. The van der Waals surface area contributed by atoms with Crippen molar-refractivity contribution in [3.05, 3.63) is 35.8 Å². The van der Waals surface area contributed by atoms with Crippen LogP contribution in [0, 0.1) is 17.1 Å². The van der Waals surface area contributed by atoms with Gasteiger partial charge in [-0.1, -0.05) is 6.07 Å². The van der Waals surface area contributed by atoms with E-state index in [-0.39, 0.29) is 11.5 Å². The van der Waals surface area contributed by atoms with Gasteiger partial charge in [-0.2, -0.15) is 5.26 Å². The van der Waals surface area contributed by atoms with Crippen molar-refractivity contribution in [3.8, 4) is 17.3 Å². The molecule has 0 saturated heterocycles. The van der Waals surface area contributed by atoms with Gasteiger partial charge in [0.25, 0.3) is 0 Å². The minimum absolute atomic E-state index is 0.0138. The van der Waals surface area contributed by atoms with E-state index in [1.165, 1.54) is 18.3 Å². The third-order valence-corrected chi connectivity index (χ3v) is 1.96. The van der Waals surface area contributed by atoms with Crippen molar-refractivity contribution in [1.82, 2.24) is 15.2 Å². The van der Waals surface area contributed by atoms with E-state index in [2.05, 4.69) is 15.2 Å². The molecule has 1 aromatic heterocycles. The Hall–Kier alpha value is -2.55. The van der Waals surface area contributed by atoms with Crippen molar-refractivity contribution in [2.75, 3.05) is 5.73 Å². The van der Waals surface area contributed by atoms with Gasteiger partial charge >= 0.3 is 0 Å². The largest absolute Gasteiger partial charge is 0.366 e. The standard InChI is InChI=1S/C10H6FN5/c11-8-3-6(1-2-7(8)4-12)9-5-14-10(13)16-15-9/h1-3,5H,(H2,13,14,16). The van der Waals surface area contributed by atoms with Crippen LogP contribution in [0.2, 0.25) is 0 Å². The van der Waals surface area contributed by atoms with E-state index in [4.69, 9.17) is 11.0 Å². The molecule has 2 aromatic rings. The van der Waals surface area contributed by atoms with Crippen molar-refractivity contribution >= 4 is 5.95 Å². The maximum atomic E-state index is 13.3. The van der Waals surface area contributed by atoms with Crippen molar-refractivity contribution in [1.29, 1.82) is 5.26 Å². The Morgan fingerprint density at radius 3 is 2.69 bits per heavy atom. The third-order valence-electron chi connectivity index (χ3n) is 1.96. The lowest BCUT2D eigenvalue weighted by atomic mass is 10.1. The summed E-state index contributed by atoms with van der Waals surface area (Å²) in [7, 11) is 0. The lowest BCUT2D eigenvalue weighted by Crippen LogP contribution is -1.98. The van der Waals surface area contributed by atoms with Crippen LogP contribution in [0.25, 0.3) is 11.3 Å². The van der Waals surface area contributed by atoms with Gasteiger partial charge in [-0.05, 0) is 12.1 Å². The number of nitrogens with two attached hydrogens (primary N) is 1. The Labute approximate surface area is 90.4 Å². The summed E-state index contributed by atoms with van der Waals surface area (Å²) in [5.74, 6) is -0.545. The second-order valence-corrected chi connectivity index (χ2v) is 3.01. The zero-order chi connectivity index (χ0) is 11.5. The fourth-order valence-corrected chi connectivity index (χ4v) is 1.18. The summed E-state index contributed by atoms with van der Waals surface area (Å²) >= 11 is 0. The number of hydrogen-bond donors (Lipinski definition) is 1. The highest BCUT2D eigenvalue weighted by Crippen LogP contribution is 2.18.